The van der Waals surface area contributed by atoms with Crippen LogP contribution in [-0.4, -0.2) is 9.97 Å². The lowest BCUT2D eigenvalue weighted by Crippen LogP contribution is -2.00. The minimum atomic E-state index is 0.505. The van der Waals surface area contributed by atoms with Crippen LogP contribution in [0.1, 0.15) is 18.3 Å². The summed E-state index contributed by atoms with van der Waals surface area (Å²) >= 11 is 0. The van der Waals surface area contributed by atoms with Crippen LogP contribution in [0, 0.1) is 6.92 Å². The lowest BCUT2D eigenvalue weighted by molar-refractivity contribution is 0.613. The predicted molar refractivity (Wildman–Crippen MR) is 75.8 cm³/mol. The largest absolute Gasteiger partial charge is 0.464 e. The van der Waals surface area contributed by atoms with Crippen molar-refractivity contribution in [2.75, 3.05) is 5.73 Å². The van der Waals surface area contributed by atoms with Crippen molar-refractivity contribution in [3.05, 3.63) is 41.9 Å². The molecule has 4 nitrogen and oxygen atoms in total. The van der Waals surface area contributed by atoms with Crippen molar-refractivity contribution in [2.24, 2.45) is 0 Å². The van der Waals surface area contributed by atoms with E-state index in [9.17, 15) is 0 Å². The van der Waals surface area contributed by atoms with Gasteiger partial charge in [-0.25, -0.2) is 9.97 Å². The zero-order valence-corrected chi connectivity index (χ0v) is 11.0. The van der Waals surface area contributed by atoms with Crippen molar-refractivity contribution >= 4 is 16.8 Å². The number of nitrogens with zero attached hydrogens (tertiary/aromatic N) is 2. The van der Waals surface area contributed by atoms with E-state index in [0.29, 0.717) is 5.82 Å². The Morgan fingerprint density at radius 3 is 2.84 bits per heavy atom. The standard InChI is InChI=1S/C15H15N3O/c1-3-15-17-12(7-14(16)18-15)10-4-5-13-11(6-10)9(2)8-19-13/h4-8H,3H2,1-2H3,(H2,16,17,18). The van der Waals surface area contributed by atoms with Gasteiger partial charge in [-0.15, -0.1) is 0 Å². The molecule has 0 aliphatic heterocycles. The molecule has 0 aliphatic rings. The van der Waals surface area contributed by atoms with Crippen LogP contribution in [0.25, 0.3) is 22.2 Å². The van der Waals surface area contributed by atoms with Gasteiger partial charge in [-0.3, -0.25) is 0 Å². The quantitative estimate of drug-likeness (QED) is 0.760. The van der Waals surface area contributed by atoms with E-state index in [4.69, 9.17) is 10.2 Å². The van der Waals surface area contributed by atoms with E-state index >= 15 is 0 Å². The molecule has 0 saturated heterocycles. The van der Waals surface area contributed by atoms with Gasteiger partial charge in [0, 0.05) is 23.4 Å². The highest BCUT2D eigenvalue weighted by Crippen LogP contribution is 2.27. The Labute approximate surface area is 111 Å². The normalized spacial score (nSPS) is 11.1. The number of hydrogen-bond acceptors (Lipinski definition) is 4. The lowest BCUT2D eigenvalue weighted by atomic mass is 10.1. The molecule has 4 heteroatoms. The summed E-state index contributed by atoms with van der Waals surface area (Å²) in [5.74, 6) is 1.27. The number of nitrogens with two attached hydrogens (primary N) is 1. The summed E-state index contributed by atoms with van der Waals surface area (Å²) < 4.78 is 5.45. The van der Waals surface area contributed by atoms with E-state index in [0.717, 1.165) is 40.0 Å². The highest BCUT2D eigenvalue weighted by Gasteiger charge is 2.07. The first-order chi connectivity index (χ1) is 9.17. The first-order valence-corrected chi connectivity index (χ1v) is 6.29. The molecule has 1 aromatic carbocycles. The van der Waals surface area contributed by atoms with Crippen molar-refractivity contribution in [1.29, 1.82) is 0 Å². The molecule has 0 aliphatic carbocycles. The van der Waals surface area contributed by atoms with Gasteiger partial charge in [0.15, 0.2) is 0 Å². The number of fused-ring (bicyclic) bond motifs is 1. The van der Waals surface area contributed by atoms with E-state index in [1.165, 1.54) is 0 Å². The van der Waals surface area contributed by atoms with Gasteiger partial charge in [-0.2, -0.15) is 0 Å². The summed E-state index contributed by atoms with van der Waals surface area (Å²) in [7, 11) is 0. The molecule has 0 amide bonds. The third-order valence-electron chi connectivity index (χ3n) is 3.17. The van der Waals surface area contributed by atoms with Crippen molar-refractivity contribution in [1.82, 2.24) is 9.97 Å². The third-order valence-corrected chi connectivity index (χ3v) is 3.17. The molecular weight excluding hydrogens is 238 g/mol. The molecule has 3 rings (SSSR count). The van der Waals surface area contributed by atoms with Crippen LogP contribution in [0.15, 0.2) is 34.9 Å². The van der Waals surface area contributed by atoms with Gasteiger partial charge in [0.05, 0.1) is 12.0 Å². The molecule has 2 aromatic heterocycles. The molecule has 0 unspecified atom stereocenters. The molecule has 0 atom stereocenters. The minimum absolute atomic E-state index is 0.505. The molecule has 0 spiro atoms. The highest BCUT2D eigenvalue weighted by atomic mass is 16.3. The molecule has 0 fully saturated rings. The van der Waals surface area contributed by atoms with Gasteiger partial charge in [-0.05, 0) is 30.7 Å². The Bertz CT molecular complexity index is 746. The maximum absolute atomic E-state index is 5.83. The maximum atomic E-state index is 5.83. The average Bonchev–Trinajstić information content (AvgIpc) is 2.79. The van der Waals surface area contributed by atoms with Crippen LogP contribution in [-0.2, 0) is 6.42 Å². The number of rotatable bonds is 2. The first-order valence-electron chi connectivity index (χ1n) is 6.29. The van der Waals surface area contributed by atoms with E-state index in [2.05, 4.69) is 16.0 Å². The Hall–Kier alpha value is -2.36. The summed E-state index contributed by atoms with van der Waals surface area (Å²) in [4.78, 5) is 8.72. The topological polar surface area (TPSA) is 64.9 Å². The van der Waals surface area contributed by atoms with Gasteiger partial charge in [0.1, 0.15) is 17.2 Å². The van der Waals surface area contributed by atoms with E-state index in [1.807, 2.05) is 26.0 Å². The van der Waals surface area contributed by atoms with Crippen LogP contribution < -0.4 is 5.73 Å². The number of aryl methyl sites for hydroxylation is 2. The lowest BCUT2D eigenvalue weighted by Gasteiger charge is -2.05. The smallest absolute Gasteiger partial charge is 0.134 e. The second kappa shape index (κ2) is 4.39. The highest BCUT2D eigenvalue weighted by molar-refractivity contribution is 5.85. The summed E-state index contributed by atoms with van der Waals surface area (Å²) in [5, 5.41) is 1.10. The summed E-state index contributed by atoms with van der Waals surface area (Å²) in [5.41, 5.74) is 9.72. The van der Waals surface area contributed by atoms with E-state index < -0.39 is 0 Å². The number of anilines is 1. The van der Waals surface area contributed by atoms with Crippen molar-refractivity contribution in [3.63, 3.8) is 0 Å². The number of furan rings is 1. The van der Waals surface area contributed by atoms with Crippen molar-refractivity contribution < 1.29 is 4.42 Å². The monoisotopic (exact) mass is 253 g/mol. The Balaban J connectivity index is 2.17. The van der Waals surface area contributed by atoms with Crippen LogP contribution in [0.5, 0.6) is 0 Å². The molecule has 19 heavy (non-hydrogen) atoms. The molecule has 96 valence electrons. The summed E-state index contributed by atoms with van der Waals surface area (Å²) in [6, 6.07) is 7.83. The molecule has 0 bridgehead atoms. The fraction of sp³-hybridized carbons (Fsp3) is 0.200. The second-order valence-corrected chi connectivity index (χ2v) is 4.58. The number of nitrogen functional groups attached to an aromatic ring is 1. The van der Waals surface area contributed by atoms with Crippen molar-refractivity contribution in [3.8, 4) is 11.3 Å². The van der Waals surface area contributed by atoms with Crippen LogP contribution in [0.2, 0.25) is 0 Å². The summed E-state index contributed by atoms with van der Waals surface area (Å²) in [6.45, 7) is 4.05. The van der Waals surface area contributed by atoms with Crippen LogP contribution in [0.3, 0.4) is 0 Å². The van der Waals surface area contributed by atoms with E-state index in [1.54, 1.807) is 12.3 Å². The number of hydrogen-bond donors (Lipinski definition) is 1. The van der Waals surface area contributed by atoms with Crippen LogP contribution in [0.4, 0.5) is 5.82 Å². The van der Waals surface area contributed by atoms with Gasteiger partial charge in [0.2, 0.25) is 0 Å². The number of aromatic nitrogens is 2. The zero-order chi connectivity index (χ0) is 13.4. The molecule has 0 saturated carbocycles. The molecular formula is C15H15N3O. The molecule has 0 radical (unpaired) electrons. The average molecular weight is 253 g/mol. The molecule has 2 heterocycles. The molecule has 3 aromatic rings. The SMILES string of the molecule is CCc1nc(N)cc(-c2ccc3occ(C)c3c2)n1. The Morgan fingerprint density at radius 2 is 2.05 bits per heavy atom. The first kappa shape index (κ1) is 11.7. The van der Waals surface area contributed by atoms with Crippen molar-refractivity contribution in [2.45, 2.75) is 20.3 Å². The number of benzene rings is 1. The zero-order valence-electron chi connectivity index (χ0n) is 11.0. The van der Waals surface area contributed by atoms with E-state index in [-0.39, 0.29) is 0 Å². The Kier molecular flexibility index (Phi) is 2.71. The van der Waals surface area contributed by atoms with Crippen LogP contribution >= 0.6 is 0 Å². The summed E-state index contributed by atoms with van der Waals surface area (Å²) in [6.07, 6.45) is 2.53. The van der Waals surface area contributed by atoms with Gasteiger partial charge < -0.3 is 10.2 Å². The third kappa shape index (κ3) is 2.05. The maximum Gasteiger partial charge on any atom is 0.134 e. The van der Waals surface area contributed by atoms with Gasteiger partial charge in [-0.1, -0.05) is 6.92 Å². The minimum Gasteiger partial charge on any atom is -0.464 e. The van der Waals surface area contributed by atoms with Gasteiger partial charge in [0.25, 0.3) is 0 Å². The predicted octanol–water partition coefficient (Wildman–Crippen LogP) is 3.34. The second-order valence-electron chi connectivity index (χ2n) is 4.58. The Morgan fingerprint density at radius 1 is 1.21 bits per heavy atom. The molecule has 2 N–H and O–H groups in total. The fourth-order valence-electron chi connectivity index (χ4n) is 2.14. The van der Waals surface area contributed by atoms with Gasteiger partial charge >= 0.3 is 0 Å². The fourth-order valence-corrected chi connectivity index (χ4v) is 2.14.